The van der Waals surface area contributed by atoms with E-state index in [0.29, 0.717) is 0 Å². The minimum Gasteiger partial charge on any atom is -0.356 e. The molecular weight excluding hydrogens is 599 g/mol. The van der Waals surface area contributed by atoms with Crippen molar-refractivity contribution in [2.75, 3.05) is 5.32 Å². The van der Waals surface area contributed by atoms with Crippen molar-refractivity contribution in [3.63, 3.8) is 0 Å². The van der Waals surface area contributed by atoms with E-state index < -0.39 is 0 Å². The van der Waals surface area contributed by atoms with Gasteiger partial charge in [-0.1, -0.05) is 152 Å². The minimum atomic E-state index is 1.07. The van der Waals surface area contributed by atoms with Gasteiger partial charge in [-0.3, -0.25) is 0 Å². The van der Waals surface area contributed by atoms with Crippen LogP contribution in [-0.2, 0) is 0 Å². The highest BCUT2D eigenvalue weighted by atomic mass is 32.1. The maximum Gasteiger partial charge on any atom is 0.0440 e. The van der Waals surface area contributed by atoms with Crippen LogP contribution in [0.2, 0.25) is 0 Å². The Labute approximate surface area is 284 Å². The lowest BCUT2D eigenvalue weighted by Gasteiger charge is -2.17. The van der Waals surface area contributed by atoms with E-state index >= 15 is 0 Å². The lowest BCUT2D eigenvalue weighted by molar-refractivity contribution is 1.53. The molecule has 0 radical (unpaired) electrons. The number of nitrogens with one attached hydrogen (secondary N) is 1. The molecule has 1 nitrogen and oxygen atoms in total. The Kier molecular flexibility index (Phi) is 7.07. The SMILES string of the molecule is c1ccc(-c2ccc(Nc3ccc(-c4ccc(-c5c(-c6ccccc6)c6ccccc6c6sc7ccccc7c56)cc4)cc3)cc2)cc1. The van der Waals surface area contributed by atoms with E-state index in [1.165, 1.54) is 75.5 Å². The van der Waals surface area contributed by atoms with Gasteiger partial charge in [-0.05, 0) is 80.2 Å². The van der Waals surface area contributed by atoms with Crippen LogP contribution in [-0.4, -0.2) is 0 Å². The molecular formula is C46H31NS. The second-order valence-electron chi connectivity index (χ2n) is 12.2. The maximum absolute atomic E-state index is 3.56. The molecule has 0 spiro atoms. The Morgan fingerprint density at radius 2 is 0.729 bits per heavy atom. The number of hydrogen-bond acceptors (Lipinski definition) is 2. The van der Waals surface area contributed by atoms with Gasteiger partial charge in [-0.2, -0.15) is 0 Å². The van der Waals surface area contributed by atoms with E-state index in [2.05, 4.69) is 181 Å². The average Bonchev–Trinajstić information content (AvgIpc) is 3.56. The van der Waals surface area contributed by atoms with Crippen molar-refractivity contribution in [1.29, 1.82) is 0 Å². The molecule has 226 valence electrons. The maximum atomic E-state index is 3.56. The van der Waals surface area contributed by atoms with E-state index in [1.54, 1.807) is 0 Å². The van der Waals surface area contributed by atoms with Crippen LogP contribution < -0.4 is 5.32 Å². The first-order valence-electron chi connectivity index (χ1n) is 16.3. The standard InChI is InChI=1S/C46H31NS/c1-3-11-31(12-4-1)33-23-27-37(28-24-33)47-38-29-25-34(26-30-38)32-19-21-36(22-20-32)44-43(35-13-5-2-6-14-35)39-15-7-8-16-40(39)46-45(44)41-17-9-10-18-42(41)48-46/h1-30,47H. The third kappa shape index (κ3) is 5.04. The van der Waals surface area contributed by atoms with Crippen molar-refractivity contribution in [1.82, 2.24) is 0 Å². The first-order valence-corrected chi connectivity index (χ1v) is 17.2. The Hall–Kier alpha value is -5.96. The molecule has 9 rings (SSSR count). The number of fused-ring (bicyclic) bond motifs is 5. The van der Waals surface area contributed by atoms with E-state index in [1.807, 2.05) is 17.4 Å². The topological polar surface area (TPSA) is 12.0 Å². The third-order valence-corrected chi connectivity index (χ3v) is 10.5. The minimum absolute atomic E-state index is 1.07. The van der Waals surface area contributed by atoms with Gasteiger partial charge < -0.3 is 5.32 Å². The number of rotatable bonds is 6. The van der Waals surface area contributed by atoms with Crippen LogP contribution in [0.25, 0.3) is 75.5 Å². The van der Waals surface area contributed by atoms with Gasteiger partial charge in [0.05, 0.1) is 0 Å². The van der Waals surface area contributed by atoms with Gasteiger partial charge >= 0.3 is 0 Å². The largest absolute Gasteiger partial charge is 0.356 e. The van der Waals surface area contributed by atoms with E-state index in [-0.39, 0.29) is 0 Å². The molecule has 0 unspecified atom stereocenters. The summed E-state index contributed by atoms with van der Waals surface area (Å²) in [4.78, 5) is 0. The summed E-state index contributed by atoms with van der Waals surface area (Å²) in [5, 5.41) is 8.82. The summed E-state index contributed by atoms with van der Waals surface area (Å²) in [6, 6.07) is 65.6. The second kappa shape index (κ2) is 12.0. The first kappa shape index (κ1) is 28.3. The fraction of sp³-hybridized carbons (Fsp3) is 0. The highest BCUT2D eigenvalue weighted by Gasteiger charge is 2.21. The van der Waals surface area contributed by atoms with Gasteiger partial charge in [0.15, 0.2) is 0 Å². The molecule has 0 bridgehead atoms. The predicted molar refractivity (Wildman–Crippen MR) is 208 cm³/mol. The number of anilines is 2. The van der Waals surface area contributed by atoms with Crippen LogP contribution in [0.1, 0.15) is 0 Å². The van der Waals surface area contributed by atoms with Crippen LogP contribution in [0.15, 0.2) is 182 Å². The van der Waals surface area contributed by atoms with Gasteiger partial charge in [0, 0.05) is 36.9 Å². The predicted octanol–water partition coefficient (Wildman–Crippen LogP) is 13.6. The summed E-state index contributed by atoms with van der Waals surface area (Å²) >= 11 is 1.90. The first-order chi connectivity index (χ1) is 23.8. The molecule has 0 aliphatic heterocycles. The fourth-order valence-corrected chi connectivity index (χ4v) is 8.20. The molecule has 1 heterocycles. The van der Waals surface area contributed by atoms with Crippen LogP contribution >= 0.6 is 11.3 Å². The van der Waals surface area contributed by atoms with E-state index in [4.69, 9.17) is 0 Å². The molecule has 9 aromatic rings. The Bertz CT molecular complexity index is 2530. The molecule has 0 saturated carbocycles. The van der Waals surface area contributed by atoms with Crippen LogP contribution in [0.3, 0.4) is 0 Å². The van der Waals surface area contributed by atoms with Gasteiger partial charge in [-0.15, -0.1) is 11.3 Å². The van der Waals surface area contributed by atoms with Crippen molar-refractivity contribution in [3.05, 3.63) is 182 Å². The highest BCUT2D eigenvalue weighted by molar-refractivity contribution is 7.26. The number of benzene rings is 8. The molecule has 8 aromatic carbocycles. The smallest absolute Gasteiger partial charge is 0.0440 e. The molecule has 0 fully saturated rings. The zero-order valence-corrected chi connectivity index (χ0v) is 27.0. The van der Waals surface area contributed by atoms with E-state index in [9.17, 15) is 0 Å². The summed E-state index contributed by atoms with van der Waals surface area (Å²) in [6.45, 7) is 0. The number of thiophene rings is 1. The lowest BCUT2D eigenvalue weighted by atomic mass is 9.86. The molecule has 0 aliphatic carbocycles. The summed E-state index contributed by atoms with van der Waals surface area (Å²) in [5.41, 5.74) is 12.0. The van der Waals surface area contributed by atoms with E-state index in [0.717, 1.165) is 11.4 Å². The Balaban J connectivity index is 1.09. The summed E-state index contributed by atoms with van der Waals surface area (Å²) in [7, 11) is 0. The molecule has 1 aromatic heterocycles. The lowest BCUT2D eigenvalue weighted by Crippen LogP contribution is -1.91. The van der Waals surface area contributed by atoms with Gasteiger partial charge in [0.1, 0.15) is 0 Å². The monoisotopic (exact) mass is 629 g/mol. The fourth-order valence-electron chi connectivity index (χ4n) is 6.95. The van der Waals surface area contributed by atoms with Crippen molar-refractivity contribution in [3.8, 4) is 44.5 Å². The summed E-state index contributed by atoms with van der Waals surface area (Å²) in [5.74, 6) is 0. The molecule has 48 heavy (non-hydrogen) atoms. The van der Waals surface area contributed by atoms with Gasteiger partial charge in [-0.25, -0.2) is 0 Å². The second-order valence-corrected chi connectivity index (χ2v) is 13.2. The zero-order chi connectivity index (χ0) is 31.9. The van der Waals surface area contributed by atoms with Crippen LogP contribution in [0.5, 0.6) is 0 Å². The Morgan fingerprint density at radius 1 is 0.312 bits per heavy atom. The molecule has 2 heteroatoms. The normalized spacial score (nSPS) is 11.3. The molecule has 0 saturated heterocycles. The Morgan fingerprint density at radius 3 is 1.33 bits per heavy atom. The summed E-state index contributed by atoms with van der Waals surface area (Å²) in [6.07, 6.45) is 0. The summed E-state index contributed by atoms with van der Waals surface area (Å²) < 4.78 is 2.67. The van der Waals surface area contributed by atoms with Gasteiger partial charge in [0.2, 0.25) is 0 Å². The highest BCUT2D eigenvalue weighted by Crippen LogP contribution is 2.50. The van der Waals surface area contributed by atoms with Crippen molar-refractivity contribution < 1.29 is 0 Å². The molecule has 0 amide bonds. The molecule has 0 aliphatic rings. The van der Waals surface area contributed by atoms with Crippen LogP contribution in [0.4, 0.5) is 11.4 Å². The third-order valence-electron chi connectivity index (χ3n) is 9.27. The molecule has 1 N–H and O–H groups in total. The van der Waals surface area contributed by atoms with Crippen molar-refractivity contribution in [2.24, 2.45) is 0 Å². The van der Waals surface area contributed by atoms with Crippen LogP contribution in [0, 0.1) is 0 Å². The van der Waals surface area contributed by atoms with Crippen molar-refractivity contribution >= 4 is 53.7 Å². The van der Waals surface area contributed by atoms with Crippen molar-refractivity contribution in [2.45, 2.75) is 0 Å². The number of hydrogen-bond donors (Lipinski definition) is 1. The molecule has 0 atom stereocenters. The zero-order valence-electron chi connectivity index (χ0n) is 26.2. The average molecular weight is 630 g/mol. The van der Waals surface area contributed by atoms with Gasteiger partial charge in [0.25, 0.3) is 0 Å². The quantitative estimate of drug-likeness (QED) is 0.193.